The van der Waals surface area contributed by atoms with Crippen LogP contribution in [0.3, 0.4) is 0 Å². The molecule has 0 aliphatic carbocycles. The summed E-state index contributed by atoms with van der Waals surface area (Å²) in [5.74, 6) is 2.92. The van der Waals surface area contributed by atoms with E-state index < -0.39 is 0 Å². The summed E-state index contributed by atoms with van der Waals surface area (Å²) in [5.41, 5.74) is 0.940. The van der Waals surface area contributed by atoms with Gasteiger partial charge in [-0.3, -0.25) is 4.99 Å². The third kappa shape index (κ3) is 5.79. The van der Waals surface area contributed by atoms with E-state index in [9.17, 15) is 0 Å². The fourth-order valence-corrected chi connectivity index (χ4v) is 2.80. The molecule has 1 aromatic rings. The van der Waals surface area contributed by atoms with E-state index in [1.807, 2.05) is 13.8 Å². The molecular formula is C17H32N6O. The Kier molecular flexibility index (Phi) is 7.05. The standard InChI is InChI=1S/C17H32N6O/c1-13(12-23-8-6-22(5)7-9-23)10-19-17(18-4)20-11-16-21-14(2)15(3)24-16/h13H,6-12H2,1-5H3,(H2,18,19,20). The van der Waals surface area contributed by atoms with Crippen LogP contribution in [0.25, 0.3) is 0 Å². The van der Waals surface area contributed by atoms with Crippen LogP contribution in [0.5, 0.6) is 0 Å². The van der Waals surface area contributed by atoms with Crippen molar-refractivity contribution in [2.24, 2.45) is 10.9 Å². The van der Waals surface area contributed by atoms with Crippen molar-refractivity contribution in [2.75, 3.05) is 53.4 Å². The van der Waals surface area contributed by atoms with Crippen molar-refractivity contribution in [3.63, 3.8) is 0 Å². The zero-order chi connectivity index (χ0) is 17.5. The summed E-state index contributed by atoms with van der Waals surface area (Å²) >= 11 is 0. The van der Waals surface area contributed by atoms with Gasteiger partial charge in [0.2, 0.25) is 5.89 Å². The second-order valence-electron chi connectivity index (χ2n) is 6.76. The minimum atomic E-state index is 0.543. The minimum absolute atomic E-state index is 0.543. The normalized spacial score (nSPS) is 18.6. The van der Waals surface area contributed by atoms with Crippen LogP contribution in [0, 0.1) is 19.8 Å². The maximum atomic E-state index is 5.58. The van der Waals surface area contributed by atoms with Gasteiger partial charge in [-0.2, -0.15) is 0 Å². The molecule has 0 bridgehead atoms. The summed E-state index contributed by atoms with van der Waals surface area (Å²) in [5, 5.41) is 6.64. The first-order valence-corrected chi connectivity index (χ1v) is 8.76. The summed E-state index contributed by atoms with van der Waals surface area (Å²) in [4.78, 5) is 13.6. The van der Waals surface area contributed by atoms with Crippen LogP contribution in [0.1, 0.15) is 24.3 Å². The number of rotatable bonds is 6. The maximum absolute atomic E-state index is 5.58. The molecule has 0 saturated carbocycles. The van der Waals surface area contributed by atoms with Crippen molar-refractivity contribution in [3.05, 3.63) is 17.3 Å². The number of hydrogen-bond donors (Lipinski definition) is 2. The van der Waals surface area contributed by atoms with Gasteiger partial charge < -0.3 is 24.9 Å². The van der Waals surface area contributed by atoms with Gasteiger partial charge in [0, 0.05) is 46.3 Å². The van der Waals surface area contributed by atoms with Crippen molar-refractivity contribution in [1.29, 1.82) is 0 Å². The molecule has 24 heavy (non-hydrogen) atoms. The number of aryl methyl sites for hydroxylation is 2. The summed E-state index contributed by atoms with van der Waals surface area (Å²) < 4.78 is 5.58. The largest absolute Gasteiger partial charge is 0.444 e. The Labute approximate surface area is 145 Å². The molecule has 2 rings (SSSR count). The van der Waals surface area contributed by atoms with E-state index in [0.717, 1.165) is 43.6 Å². The number of piperazine rings is 1. The second-order valence-corrected chi connectivity index (χ2v) is 6.76. The molecule has 1 saturated heterocycles. The average Bonchev–Trinajstić information content (AvgIpc) is 2.88. The maximum Gasteiger partial charge on any atom is 0.214 e. The number of oxazole rings is 1. The molecule has 7 nitrogen and oxygen atoms in total. The van der Waals surface area contributed by atoms with E-state index in [1.54, 1.807) is 7.05 Å². The molecule has 0 aromatic carbocycles. The van der Waals surface area contributed by atoms with Crippen LogP contribution in [-0.2, 0) is 6.54 Å². The molecule has 1 aromatic heterocycles. The lowest BCUT2D eigenvalue weighted by Crippen LogP contribution is -2.47. The molecule has 2 N–H and O–H groups in total. The number of guanidine groups is 1. The number of hydrogen-bond acceptors (Lipinski definition) is 5. The number of aromatic nitrogens is 1. The Morgan fingerprint density at radius 1 is 1.25 bits per heavy atom. The minimum Gasteiger partial charge on any atom is -0.444 e. The van der Waals surface area contributed by atoms with Crippen molar-refractivity contribution in [3.8, 4) is 0 Å². The molecule has 1 atom stereocenters. The molecule has 0 amide bonds. The Morgan fingerprint density at radius 2 is 1.96 bits per heavy atom. The van der Waals surface area contributed by atoms with Crippen molar-refractivity contribution in [1.82, 2.24) is 25.4 Å². The summed E-state index contributed by atoms with van der Waals surface area (Å²) in [6.07, 6.45) is 0. The van der Waals surface area contributed by atoms with Crippen molar-refractivity contribution < 1.29 is 4.42 Å². The highest BCUT2D eigenvalue weighted by Gasteiger charge is 2.16. The first-order chi connectivity index (χ1) is 11.5. The van der Waals surface area contributed by atoms with E-state index in [-0.39, 0.29) is 0 Å². The molecule has 1 fully saturated rings. The van der Waals surface area contributed by atoms with Gasteiger partial charge in [0.05, 0.1) is 12.2 Å². The van der Waals surface area contributed by atoms with Crippen LogP contribution < -0.4 is 10.6 Å². The van der Waals surface area contributed by atoms with Crippen molar-refractivity contribution >= 4 is 5.96 Å². The predicted molar refractivity (Wildman–Crippen MR) is 97.3 cm³/mol. The molecule has 0 spiro atoms. The highest BCUT2D eigenvalue weighted by Crippen LogP contribution is 2.07. The molecule has 1 unspecified atom stereocenters. The van der Waals surface area contributed by atoms with Gasteiger partial charge in [0.15, 0.2) is 5.96 Å². The van der Waals surface area contributed by atoms with E-state index >= 15 is 0 Å². The molecule has 7 heteroatoms. The van der Waals surface area contributed by atoms with E-state index in [2.05, 4.69) is 44.4 Å². The van der Waals surface area contributed by atoms with Gasteiger partial charge in [-0.15, -0.1) is 0 Å². The van der Waals surface area contributed by atoms with Gasteiger partial charge in [-0.05, 0) is 26.8 Å². The quantitative estimate of drug-likeness (QED) is 0.593. The monoisotopic (exact) mass is 336 g/mol. The zero-order valence-electron chi connectivity index (χ0n) is 15.7. The lowest BCUT2D eigenvalue weighted by atomic mass is 10.1. The first-order valence-electron chi connectivity index (χ1n) is 8.76. The van der Waals surface area contributed by atoms with Gasteiger partial charge in [0.25, 0.3) is 0 Å². The third-order valence-electron chi connectivity index (χ3n) is 4.49. The van der Waals surface area contributed by atoms with Crippen LogP contribution >= 0.6 is 0 Å². The predicted octanol–water partition coefficient (Wildman–Crippen LogP) is 0.840. The van der Waals surface area contributed by atoms with Crippen LogP contribution in [-0.4, -0.2) is 74.1 Å². The van der Waals surface area contributed by atoms with Gasteiger partial charge in [-0.1, -0.05) is 6.92 Å². The van der Waals surface area contributed by atoms with Crippen LogP contribution in [0.2, 0.25) is 0 Å². The lowest BCUT2D eigenvalue weighted by Gasteiger charge is -2.34. The fourth-order valence-electron chi connectivity index (χ4n) is 2.80. The Balaban J connectivity index is 1.68. The Bertz CT molecular complexity index is 514. The van der Waals surface area contributed by atoms with Gasteiger partial charge in [0.1, 0.15) is 5.76 Å². The molecule has 2 heterocycles. The summed E-state index contributed by atoms with van der Waals surface area (Å²) in [7, 11) is 3.97. The average molecular weight is 336 g/mol. The van der Waals surface area contributed by atoms with E-state index in [4.69, 9.17) is 4.42 Å². The highest BCUT2D eigenvalue weighted by atomic mass is 16.4. The SMILES string of the molecule is CN=C(NCc1nc(C)c(C)o1)NCC(C)CN1CCN(C)CC1. The Morgan fingerprint density at radius 3 is 2.54 bits per heavy atom. The third-order valence-corrected chi connectivity index (χ3v) is 4.49. The number of nitrogens with one attached hydrogen (secondary N) is 2. The molecule has 0 radical (unpaired) electrons. The molecule has 1 aliphatic heterocycles. The number of likely N-dealkylation sites (N-methyl/N-ethyl adjacent to an activating group) is 1. The van der Waals surface area contributed by atoms with Gasteiger partial charge >= 0.3 is 0 Å². The lowest BCUT2D eigenvalue weighted by molar-refractivity contribution is 0.139. The van der Waals surface area contributed by atoms with Crippen LogP contribution in [0.15, 0.2) is 9.41 Å². The topological polar surface area (TPSA) is 68.9 Å². The van der Waals surface area contributed by atoms with Crippen LogP contribution in [0.4, 0.5) is 0 Å². The molecular weight excluding hydrogens is 304 g/mol. The number of nitrogens with zero attached hydrogens (tertiary/aromatic N) is 4. The smallest absolute Gasteiger partial charge is 0.214 e. The number of aliphatic imine (C=N–C) groups is 1. The first kappa shape index (κ1) is 18.7. The Hall–Kier alpha value is -1.60. The summed E-state index contributed by atoms with van der Waals surface area (Å²) in [6.45, 7) is 13.4. The molecule has 1 aliphatic rings. The second kappa shape index (κ2) is 9.03. The fraction of sp³-hybridized carbons (Fsp3) is 0.765. The van der Waals surface area contributed by atoms with E-state index in [1.165, 1.54) is 13.1 Å². The van der Waals surface area contributed by atoms with Crippen molar-refractivity contribution in [2.45, 2.75) is 27.3 Å². The van der Waals surface area contributed by atoms with E-state index in [0.29, 0.717) is 18.4 Å². The molecule has 136 valence electrons. The van der Waals surface area contributed by atoms with Gasteiger partial charge in [-0.25, -0.2) is 4.98 Å². The zero-order valence-corrected chi connectivity index (χ0v) is 15.7. The highest BCUT2D eigenvalue weighted by molar-refractivity contribution is 5.79. The summed E-state index contributed by atoms with van der Waals surface area (Å²) in [6, 6.07) is 0.